The summed E-state index contributed by atoms with van der Waals surface area (Å²) in [4.78, 5) is 3.94. The van der Waals surface area contributed by atoms with Gasteiger partial charge in [-0.25, -0.2) is 9.37 Å². The van der Waals surface area contributed by atoms with Gasteiger partial charge in [0.1, 0.15) is 0 Å². The van der Waals surface area contributed by atoms with Crippen LogP contribution in [0.25, 0.3) is 0 Å². The molecule has 0 unspecified atom stereocenters. The summed E-state index contributed by atoms with van der Waals surface area (Å²) in [6.07, 6.45) is 1.59. The van der Waals surface area contributed by atoms with Crippen LogP contribution in [0, 0.1) is 5.82 Å². The highest BCUT2D eigenvalue weighted by Gasteiger charge is 2.05. The smallest absolute Gasteiger partial charge is 0.219 e. The monoisotopic (exact) mass is 267 g/mol. The van der Waals surface area contributed by atoms with E-state index in [4.69, 9.17) is 4.74 Å². The Morgan fingerprint density at radius 3 is 2.80 bits per heavy atom. The van der Waals surface area contributed by atoms with Crippen LogP contribution in [0.2, 0.25) is 0 Å². The first-order valence-corrected chi connectivity index (χ1v) is 5.09. The number of halogens is 2. The van der Waals surface area contributed by atoms with E-state index < -0.39 is 5.82 Å². The van der Waals surface area contributed by atoms with Crippen LogP contribution in [-0.2, 0) is 0 Å². The summed E-state index contributed by atoms with van der Waals surface area (Å²) < 4.78 is 19.3. The van der Waals surface area contributed by atoms with Gasteiger partial charge >= 0.3 is 0 Å². The molecule has 0 aliphatic carbocycles. The molecule has 4 heteroatoms. The third kappa shape index (κ3) is 2.53. The van der Waals surface area contributed by atoms with Gasteiger partial charge in [0.2, 0.25) is 5.88 Å². The summed E-state index contributed by atoms with van der Waals surface area (Å²) in [5, 5.41) is 0. The Morgan fingerprint density at radius 2 is 2.07 bits per heavy atom. The average Bonchev–Trinajstić information content (AvgIpc) is 2.25. The second kappa shape index (κ2) is 4.40. The molecule has 0 saturated heterocycles. The van der Waals surface area contributed by atoms with E-state index in [2.05, 4.69) is 20.9 Å². The van der Waals surface area contributed by atoms with Crippen molar-refractivity contribution in [3.05, 3.63) is 52.9 Å². The molecule has 2 rings (SSSR count). The van der Waals surface area contributed by atoms with E-state index in [1.165, 1.54) is 6.07 Å². The number of aromatic nitrogens is 1. The molecule has 2 aromatic rings. The number of pyridine rings is 1. The summed E-state index contributed by atoms with van der Waals surface area (Å²) in [6, 6.07) is 9.72. The van der Waals surface area contributed by atoms with Crippen LogP contribution in [0.15, 0.2) is 47.1 Å². The van der Waals surface area contributed by atoms with Crippen molar-refractivity contribution in [2.45, 2.75) is 0 Å². The molecular weight excluding hydrogens is 261 g/mol. The van der Waals surface area contributed by atoms with E-state index in [0.29, 0.717) is 5.88 Å². The molecule has 0 bridgehead atoms. The normalized spacial score (nSPS) is 10.0. The Morgan fingerprint density at radius 1 is 1.20 bits per heavy atom. The third-order valence-electron chi connectivity index (χ3n) is 1.75. The van der Waals surface area contributed by atoms with Crippen molar-refractivity contribution >= 4 is 15.9 Å². The number of hydrogen-bond acceptors (Lipinski definition) is 2. The zero-order valence-corrected chi connectivity index (χ0v) is 9.24. The van der Waals surface area contributed by atoms with E-state index >= 15 is 0 Å². The Labute approximate surface area is 94.9 Å². The van der Waals surface area contributed by atoms with Crippen molar-refractivity contribution in [1.29, 1.82) is 0 Å². The fraction of sp³-hybridized carbons (Fsp3) is 0. The van der Waals surface area contributed by atoms with E-state index in [0.717, 1.165) is 4.47 Å². The maximum atomic E-state index is 13.3. The largest absolute Gasteiger partial charge is 0.436 e. The van der Waals surface area contributed by atoms with Crippen LogP contribution in [0.1, 0.15) is 0 Å². The summed E-state index contributed by atoms with van der Waals surface area (Å²) in [5.41, 5.74) is 0. The quantitative estimate of drug-likeness (QED) is 0.826. The third-order valence-corrected chi connectivity index (χ3v) is 2.24. The molecule has 1 aromatic heterocycles. The van der Waals surface area contributed by atoms with Gasteiger partial charge < -0.3 is 4.74 Å². The van der Waals surface area contributed by atoms with Crippen LogP contribution in [0.4, 0.5) is 4.39 Å². The minimum atomic E-state index is -0.413. The van der Waals surface area contributed by atoms with E-state index in [9.17, 15) is 4.39 Å². The second-order valence-electron chi connectivity index (χ2n) is 2.84. The standard InChI is InChI=1S/C11H7BrFNO/c12-8-4-5-9(13)10(7-8)15-11-3-1-2-6-14-11/h1-7H. The van der Waals surface area contributed by atoms with Gasteiger partial charge in [0, 0.05) is 16.7 Å². The molecule has 0 radical (unpaired) electrons. The summed E-state index contributed by atoms with van der Waals surface area (Å²) >= 11 is 3.24. The molecule has 0 saturated carbocycles. The van der Waals surface area contributed by atoms with E-state index in [1.807, 2.05) is 0 Å². The van der Waals surface area contributed by atoms with Gasteiger partial charge in [-0.2, -0.15) is 0 Å². The number of ether oxygens (including phenoxy) is 1. The first-order valence-electron chi connectivity index (χ1n) is 4.29. The topological polar surface area (TPSA) is 22.1 Å². The van der Waals surface area contributed by atoms with Gasteiger partial charge in [-0.05, 0) is 24.3 Å². The lowest BCUT2D eigenvalue weighted by molar-refractivity contribution is 0.427. The molecule has 0 fully saturated rings. The number of benzene rings is 1. The van der Waals surface area contributed by atoms with Crippen LogP contribution < -0.4 is 4.74 Å². The summed E-state index contributed by atoms with van der Waals surface area (Å²) in [6.45, 7) is 0. The Hall–Kier alpha value is -1.42. The molecule has 0 aliphatic heterocycles. The summed E-state index contributed by atoms with van der Waals surface area (Å²) in [7, 11) is 0. The molecule has 15 heavy (non-hydrogen) atoms. The van der Waals surface area contributed by atoms with Crippen LogP contribution >= 0.6 is 15.9 Å². The van der Waals surface area contributed by atoms with Crippen molar-refractivity contribution in [3.63, 3.8) is 0 Å². The molecule has 0 amide bonds. The maximum Gasteiger partial charge on any atom is 0.219 e. The van der Waals surface area contributed by atoms with Crippen molar-refractivity contribution in [1.82, 2.24) is 4.98 Å². The van der Waals surface area contributed by atoms with E-state index in [-0.39, 0.29) is 5.75 Å². The zero-order chi connectivity index (χ0) is 10.7. The maximum absolute atomic E-state index is 13.3. The molecular formula is C11H7BrFNO. The van der Waals surface area contributed by atoms with Gasteiger partial charge in [-0.1, -0.05) is 22.0 Å². The van der Waals surface area contributed by atoms with Crippen molar-refractivity contribution in [3.8, 4) is 11.6 Å². The summed E-state index contributed by atoms with van der Waals surface area (Å²) in [5.74, 6) is 0.112. The fourth-order valence-electron chi connectivity index (χ4n) is 1.08. The lowest BCUT2D eigenvalue weighted by atomic mass is 10.3. The fourth-order valence-corrected chi connectivity index (χ4v) is 1.42. The Bertz CT molecular complexity index is 461. The van der Waals surface area contributed by atoms with Crippen LogP contribution in [0.3, 0.4) is 0 Å². The highest BCUT2D eigenvalue weighted by molar-refractivity contribution is 9.10. The highest BCUT2D eigenvalue weighted by atomic mass is 79.9. The molecule has 0 N–H and O–H groups in total. The average molecular weight is 268 g/mol. The SMILES string of the molecule is Fc1ccc(Br)cc1Oc1ccccn1. The highest BCUT2D eigenvalue weighted by Crippen LogP contribution is 2.26. The van der Waals surface area contributed by atoms with Crippen molar-refractivity contribution < 1.29 is 9.13 Å². The number of rotatable bonds is 2. The minimum Gasteiger partial charge on any atom is -0.436 e. The first-order chi connectivity index (χ1) is 7.25. The Kier molecular flexibility index (Phi) is 2.97. The predicted molar refractivity (Wildman–Crippen MR) is 58.4 cm³/mol. The molecule has 0 aliphatic rings. The lowest BCUT2D eigenvalue weighted by Crippen LogP contribution is -1.89. The predicted octanol–water partition coefficient (Wildman–Crippen LogP) is 3.78. The van der Waals surface area contributed by atoms with Crippen molar-refractivity contribution in [2.75, 3.05) is 0 Å². The molecule has 0 spiro atoms. The van der Waals surface area contributed by atoms with Crippen LogP contribution in [-0.4, -0.2) is 4.98 Å². The minimum absolute atomic E-state index is 0.156. The first kappa shape index (κ1) is 10.1. The molecule has 1 aromatic carbocycles. The molecule has 1 heterocycles. The van der Waals surface area contributed by atoms with Gasteiger partial charge in [0.25, 0.3) is 0 Å². The van der Waals surface area contributed by atoms with Gasteiger partial charge in [-0.3, -0.25) is 0 Å². The molecule has 76 valence electrons. The number of nitrogens with zero attached hydrogens (tertiary/aromatic N) is 1. The van der Waals surface area contributed by atoms with Gasteiger partial charge in [-0.15, -0.1) is 0 Å². The van der Waals surface area contributed by atoms with E-state index in [1.54, 1.807) is 36.5 Å². The lowest BCUT2D eigenvalue weighted by Gasteiger charge is -2.05. The van der Waals surface area contributed by atoms with Gasteiger partial charge in [0.05, 0.1) is 0 Å². The zero-order valence-electron chi connectivity index (χ0n) is 7.65. The second-order valence-corrected chi connectivity index (χ2v) is 3.76. The van der Waals surface area contributed by atoms with Crippen molar-refractivity contribution in [2.24, 2.45) is 0 Å². The Balaban J connectivity index is 2.28. The van der Waals surface area contributed by atoms with Gasteiger partial charge in [0.15, 0.2) is 11.6 Å². The number of hydrogen-bond donors (Lipinski definition) is 0. The molecule has 2 nitrogen and oxygen atoms in total. The van der Waals surface area contributed by atoms with Crippen LogP contribution in [0.5, 0.6) is 11.6 Å². The molecule has 0 atom stereocenters.